The van der Waals surface area contributed by atoms with E-state index in [-0.39, 0.29) is 0 Å². The van der Waals surface area contributed by atoms with Crippen LogP contribution in [0.15, 0.2) is 24.3 Å². The predicted octanol–water partition coefficient (Wildman–Crippen LogP) is 3.29. The molecule has 8 heteroatoms. The monoisotopic (exact) mass is 284 g/mol. The number of nitrogen functional groups attached to an aromatic ring is 1. The van der Waals surface area contributed by atoms with Crippen LogP contribution in [0.4, 0.5) is 19.0 Å². The van der Waals surface area contributed by atoms with Crippen LogP contribution in [-0.4, -0.2) is 15.2 Å². The summed E-state index contributed by atoms with van der Waals surface area (Å²) >= 11 is 1.28. The standard InChI is InChI=1S/C11H7F3N4S/c12-11(13,14)5-1-2-8-6(3-5)16-10(19-8)7-4-9(15)18-17-7/h1-4H,(H3,15,17,18). The maximum Gasteiger partial charge on any atom is 0.416 e. The lowest BCUT2D eigenvalue weighted by molar-refractivity contribution is -0.137. The third kappa shape index (κ3) is 2.14. The molecule has 0 radical (unpaired) electrons. The van der Waals surface area contributed by atoms with Crippen molar-refractivity contribution < 1.29 is 13.2 Å². The largest absolute Gasteiger partial charge is 0.416 e. The molecule has 2 heterocycles. The van der Waals surface area contributed by atoms with Crippen molar-refractivity contribution in [2.45, 2.75) is 6.18 Å². The van der Waals surface area contributed by atoms with Gasteiger partial charge in [0.05, 0.1) is 21.5 Å². The topological polar surface area (TPSA) is 67.6 Å². The molecule has 1 aromatic carbocycles. The highest BCUT2D eigenvalue weighted by Gasteiger charge is 2.30. The molecule has 0 aliphatic carbocycles. The van der Waals surface area contributed by atoms with Gasteiger partial charge in [0.25, 0.3) is 0 Å². The molecule has 0 saturated carbocycles. The Morgan fingerprint density at radius 2 is 2.00 bits per heavy atom. The molecule has 0 bridgehead atoms. The van der Waals surface area contributed by atoms with Crippen LogP contribution in [-0.2, 0) is 6.18 Å². The first-order valence-corrected chi connectivity index (χ1v) is 6.04. The van der Waals surface area contributed by atoms with Gasteiger partial charge in [0.15, 0.2) is 0 Å². The van der Waals surface area contributed by atoms with Crippen molar-refractivity contribution in [1.29, 1.82) is 0 Å². The molecule has 0 saturated heterocycles. The number of nitrogens with one attached hydrogen (secondary N) is 1. The van der Waals surface area contributed by atoms with E-state index in [1.54, 1.807) is 6.07 Å². The third-order valence-corrected chi connectivity index (χ3v) is 3.61. The number of H-pyrrole nitrogens is 1. The number of thiazole rings is 1. The fourth-order valence-electron chi connectivity index (χ4n) is 1.67. The van der Waals surface area contributed by atoms with E-state index in [1.807, 2.05) is 0 Å². The van der Waals surface area contributed by atoms with Gasteiger partial charge in [0, 0.05) is 6.07 Å². The van der Waals surface area contributed by atoms with Crippen LogP contribution >= 0.6 is 11.3 Å². The number of benzene rings is 1. The first-order valence-electron chi connectivity index (χ1n) is 5.22. The van der Waals surface area contributed by atoms with Crippen molar-refractivity contribution in [3.8, 4) is 10.7 Å². The molecule has 3 rings (SSSR count). The van der Waals surface area contributed by atoms with E-state index in [4.69, 9.17) is 5.73 Å². The van der Waals surface area contributed by atoms with Gasteiger partial charge in [-0.1, -0.05) is 0 Å². The van der Waals surface area contributed by atoms with Crippen molar-refractivity contribution in [1.82, 2.24) is 15.2 Å². The molecular formula is C11H7F3N4S. The first-order chi connectivity index (χ1) is 8.93. The minimum absolute atomic E-state index is 0.308. The van der Waals surface area contributed by atoms with E-state index in [0.29, 0.717) is 26.7 Å². The molecule has 0 fully saturated rings. The van der Waals surface area contributed by atoms with Gasteiger partial charge >= 0.3 is 6.18 Å². The lowest BCUT2D eigenvalue weighted by atomic mass is 10.2. The molecule has 0 aliphatic rings. The first kappa shape index (κ1) is 12.0. The van der Waals surface area contributed by atoms with E-state index in [1.165, 1.54) is 17.4 Å². The molecule has 0 atom stereocenters. The fourth-order valence-corrected chi connectivity index (χ4v) is 2.58. The summed E-state index contributed by atoms with van der Waals surface area (Å²) in [5.74, 6) is 0.310. The van der Waals surface area contributed by atoms with E-state index in [2.05, 4.69) is 15.2 Å². The second-order valence-corrected chi connectivity index (χ2v) is 4.94. The summed E-state index contributed by atoms with van der Waals surface area (Å²) in [4.78, 5) is 4.16. The normalized spacial score (nSPS) is 12.2. The molecule has 3 aromatic rings. The van der Waals surface area contributed by atoms with Gasteiger partial charge in [-0.2, -0.15) is 18.3 Å². The third-order valence-electron chi connectivity index (χ3n) is 2.54. The Kier molecular flexibility index (Phi) is 2.49. The number of aromatic nitrogens is 3. The Labute approximate surface area is 109 Å². The Bertz CT molecular complexity index is 744. The smallest absolute Gasteiger partial charge is 0.382 e. The van der Waals surface area contributed by atoms with Gasteiger partial charge in [-0.15, -0.1) is 11.3 Å². The number of aromatic amines is 1. The van der Waals surface area contributed by atoms with Crippen molar-refractivity contribution in [3.63, 3.8) is 0 Å². The molecule has 0 spiro atoms. The van der Waals surface area contributed by atoms with Crippen LogP contribution in [0.25, 0.3) is 20.9 Å². The van der Waals surface area contributed by atoms with Crippen LogP contribution < -0.4 is 5.73 Å². The number of rotatable bonds is 1. The summed E-state index contributed by atoms with van der Waals surface area (Å²) in [6.07, 6.45) is -4.36. The molecule has 0 aliphatic heterocycles. The zero-order valence-corrected chi connectivity index (χ0v) is 10.1. The lowest BCUT2D eigenvalue weighted by Crippen LogP contribution is -2.03. The maximum atomic E-state index is 12.6. The van der Waals surface area contributed by atoms with Crippen LogP contribution in [0.1, 0.15) is 5.56 Å². The zero-order valence-electron chi connectivity index (χ0n) is 9.32. The van der Waals surface area contributed by atoms with E-state index < -0.39 is 11.7 Å². The second kappa shape index (κ2) is 3.95. The maximum absolute atomic E-state index is 12.6. The molecular weight excluding hydrogens is 277 g/mol. The van der Waals surface area contributed by atoms with Gasteiger partial charge in [-0.25, -0.2) is 4.98 Å². The molecule has 0 amide bonds. The molecule has 2 aromatic heterocycles. The Morgan fingerprint density at radius 1 is 1.21 bits per heavy atom. The minimum Gasteiger partial charge on any atom is -0.382 e. The highest BCUT2D eigenvalue weighted by atomic mass is 32.1. The summed E-state index contributed by atoms with van der Waals surface area (Å²) in [6, 6.07) is 5.09. The number of halogens is 3. The van der Waals surface area contributed by atoms with Gasteiger partial charge in [0.1, 0.15) is 10.8 Å². The fraction of sp³-hybridized carbons (Fsp3) is 0.0909. The minimum atomic E-state index is -4.36. The predicted molar refractivity (Wildman–Crippen MR) is 66.6 cm³/mol. The number of nitrogens with zero attached hydrogens (tertiary/aromatic N) is 2. The zero-order chi connectivity index (χ0) is 13.6. The summed E-state index contributed by atoms with van der Waals surface area (Å²) < 4.78 is 38.5. The average molecular weight is 284 g/mol. The van der Waals surface area contributed by atoms with E-state index >= 15 is 0 Å². The number of hydrogen-bond acceptors (Lipinski definition) is 4. The van der Waals surface area contributed by atoms with E-state index in [0.717, 1.165) is 12.1 Å². The Balaban J connectivity index is 2.11. The second-order valence-electron chi connectivity index (χ2n) is 3.91. The molecule has 4 nitrogen and oxygen atoms in total. The van der Waals surface area contributed by atoms with E-state index in [9.17, 15) is 13.2 Å². The lowest BCUT2D eigenvalue weighted by Gasteiger charge is -2.04. The summed E-state index contributed by atoms with van der Waals surface area (Å²) in [5.41, 5.74) is 5.67. The molecule has 19 heavy (non-hydrogen) atoms. The number of nitrogens with two attached hydrogens (primary N) is 1. The molecule has 98 valence electrons. The van der Waals surface area contributed by atoms with Gasteiger partial charge in [-0.3, -0.25) is 5.10 Å². The number of fused-ring (bicyclic) bond motifs is 1. The van der Waals surface area contributed by atoms with Crippen molar-refractivity contribution >= 4 is 27.4 Å². The van der Waals surface area contributed by atoms with Crippen molar-refractivity contribution in [2.75, 3.05) is 5.73 Å². The van der Waals surface area contributed by atoms with Crippen LogP contribution in [0.3, 0.4) is 0 Å². The average Bonchev–Trinajstić information content (AvgIpc) is 2.92. The highest BCUT2D eigenvalue weighted by molar-refractivity contribution is 7.21. The molecule has 0 unspecified atom stereocenters. The number of hydrogen-bond donors (Lipinski definition) is 2. The van der Waals surface area contributed by atoms with Crippen molar-refractivity contribution in [3.05, 3.63) is 29.8 Å². The van der Waals surface area contributed by atoms with Gasteiger partial charge in [0.2, 0.25) is 0 Å². The van der Waals surface area contributed by atoms with Crippen LogP contribution in [0.5, 0.6) is 0 Å². The number of alkyl halides is 3. The highest BCUT2D eigenvalue weighted by Crippen LogP contribution is 2.35. The Hall–Kier alpha value is -2.09. The van der Waals surface area contributed by atoms with Crippen molar-refractivity contribution in [2.24, 2.45) is 0 Å². The Morgan fingerprint density at radius 3 is 2.63 bits per heavy atom. The van der Waals surface area contributed by atoms with Gasteiger partial charge < -0.3 is 5.73 Å². The summed E-state index contributed by atoms with van der Waals surface area (Å²) in [6.45, 7) is 0. The summed E-state index contributed by atoms with van der Waals surface area (Å²) in [7, 11) is 0. The SMILES string of the molecule is Nc1cc(-c2nc3cc(C(F)(F)F)ccc3s2)[nH]n1. The number of anilines is 1. The van der Waals surface area contributed by atoms with Crippen LogP contribution in [0.2, 0.25) is 0 Å². The quantitative estimate of drug-likeness (QED) is 0.720. The van der Waals surface area contributed by atoms with Gasteiger partial charge in [-0.05, 0) is 18.2 Å². The summed E-state index contributed by atoms with van der Waals surface area (Å²) in [5, 5.41) is 6.99. The molecule has 3 N–H and O–H groups in total. The van der Waals surface area contributed by atoms with Crippen LogP contribution in [0, 0.1) is 0 Å².